The molecule has 23 heavy (non-hydrogen) atoms. The number of methoxy groups -OCH3 is 1. The van der Waals surface area contributed by atoms with Crippen molar-refractivity contribution in [3.63, 3.8) is 0 Å². The molecule has 1 aromatic rings. The average Bonchev–Trinajstić information content (AvgIpc) is 2.52. The average molecular weight is 316 g/mol. The summed E-state index contributed by atoms with van der Waals surface area (Å²) in [5.41, 5.74) is 3.94. The Balaban J connectivity index is 2.31. The fraction of sp³-hybridized carbons (Fsp3) is 0.550. The minimum absolute atomic E-state index is 0.259. The molecule has 0 radical (unpaired) electrons. The van der Waals surface area contributed by atoms with E-state index in [1.165, 1.54) is 16.7 Å². The van der Waals surface area contributed by atoms with Crippen LogP contribution in [0.1, 0.15) is 62.1 Å². The number of carbonyl (C=O) groups is 1. The van der Waals surface area contributed by atoms with Crippen molar-refractivity contribution in [2.75, 3.05) is 13.7 Å². The predicted molar refractivity (Wildman–Crippen MR) is 93.1 cm³/mol. The molecule has 2 rings (SSSR count). The lowest BCUT2D eigenvalue weighted by atomic mass is 9.72. The molecule has 0 bridgehead atoms. The number of esters is 1. The van der Waals surface area contributed by atoms with Gasteiger partial charge in [0, 0.05) is 11.6 Å². The zero-order valence-electron chi connectivity index (χ0n) is 14.9. The summed E-state index contributed by atoms with van der Waals surface area (Å²) in [6, 6.07) is 4.41. The highest BCUT2D eigenvalue weighted by Gasteiger charge is 2.30. The second-order valence-electron chi connectivity index (χ2n) is 6.53. The zero-order chi connectivity index (χ0) is 17.0. The third-order valence-electron chi connectivity index (χ3n) is 4.80. The van der Waals surface area contributed by atoms with Crippen LogP contribution in [0.3, 0.4) is 0 Å². The Bertz CT molecular complexity index is 589. The van der Waals surface area contributed by atoms with Crippen LogP contribution in [-0.2, 0) is 9.53 Å². The molecular weight excluding hydrogens is 288 g/mol. The Kier molecular flexibility index (Phi) is 5.86. The first-order valence-electron chi connectivity index (χ1n) is 8.51. The molecule has 0 unspecified atom stereocenters. The number of ether oxygens (including phenoxy) is 2. The molecule has 0 saturated heterocycles. The Hall–Kier alpha value is -1.77. The Labute approximate surface area is 139 Å². The number of rotatable bonds is 5. The first-order valence-corrected chi connectivity index (χ1v) is 8.51. The fourth-order valence-electron chi connectivity index (χ4n) is 3.62. The van der Waals surface area contributed by atoms with E-state index in [2.05, 4.69) is 32.9 Å². The Morgan fingerprint density at radius 3 is 2.78 bits per heavy atom. The normalized spacial score (nSPS) is 21.8. The van der Waals surface area contributed by atoms with Gasteiger partial charge in [0.2, 0.25) is 0 Å². The smallest absolute Gasteiger partial charge is 0.330 e. The molecule has 1 aliphatic carbocycles. The minimum Gasteiger partial charge on any atom is -0.496 e. The van der Waals surface area contributed by atoms with Crippen molar-refractivity contribution in [2.24, 2.45) is 5.92 Å². The third kappa shape index (κ3) is 3.95. The van der Waals surface area contributed by atoms with Crippen LogP contribution in [-0.4, -0.2) is 19.7 Å². The molecule has 3 heteroatoms. The third-order valence-corrected chi connectivity index (χ3v) is 4.80. The molecule has 0 aromatic heterocycles. The molecule has 1 aliphatic rings. The molecule has 0 heterocycles. The summed E-state index contributed by atoms with van der Waals surface area (Å²) < 4.78 is 10.6. The SMILES string of the molecule is CCOC(=O)/C=C/[C@H](C)[C@@H]1CC[C@@H](C)c2c(OC)cc(C)cc21. The van der Waals surface area contributed by atoms with Gasteiger partial charge in [-0.05, 0) is 61.6 Å². The van der Waals surface area contributed by atoms with E-state index in [1.54, 1.807) is 13.2 Å². The van der Waals surface area contributed by atoms with E-state index in [1.807, 2.05) is 13.0 Å². The summed E-state index contributed by atoms with van der Waals surface area (Å²) in [5, 5.41) is 0. The lowest BCUT2D eigenvalue weighted by molar-refractivity contribution is -0.137. The maximum absolute atomic E-state index is 11.6. The summed E-state index contributed by atoms with van der Waals surface area (Å²) in [6.07, 6.45) is 5.83. The van der Waals surface area contributed by atoms with E-state index in [9.17, 15) is 4.79 Å². The van der Waals surface area contributed by atoms with Gasteiger partial charge in [0.25, 0.3) is 0 Å². The lowest BCUT2D eigenvalue weighted by Crippen LogP contribution is -2.19. The van der Waals surface area contributed by atoms with Crippen LogP contribution in [0.25, 0.3) is 0 Å². The number of fused-ring (bicyclic) bond motifs is 1. The summed E-state index contributed by atoms with van der Waals surface area (Å²) in [7, 11) is 1.75. The molecule has 1 aromatic carbocycles. The summed E-state index contributed by atoms with van der Waals surface area (Å²) in [6.45, 7) is 8.79. The number of allylic oxidation sites excluding steroid dienone is 1. The van der Waals surface area contributed by atoms with Crippen molar-refractivity contribution in [3.8, 4) is 5.75 Å². The molecule has 3 nitrogen and oxygen atoms in total. The molecule has 0 saturated carbocycles. The number of benzene rings is 1. The van der Waals surface area contributed by atoms with Gasteiger partial charge in [-0.25, -0.2) is 4.79 Å². The zero-order valence-corrected chi connectivity index (χ0v) is 14.9. The van der Waals surface area contributed by atoms with Crippen LogP contribution in [0.4, 0.5) is 0 Å². The Morgan fingerprint density at radius 2 is 2.13 bits per heavy atom. The highest BCUT2D eigenvalue weighted by atomic mass is 16.5. The topological polar surface area (TPSA) is 35.5 Å². The molecular formula is C20H28O3. The van der Waals surface area contributed by atoms with Gasteiger partial charge in [0.05, 0.1) is 13.7 Å². The van der Waals surface area contributed by atoms with Gasteiger partial charge >= 0.3 is 5.97 Å². The molecule has 126 valence electrons. The lowest BCUT2D eigenvalue weighted by Gasteiger charge is -2.34. The van der Waals surface area contributed by atoms with Gasteiger partial charge in [0.15, 0.2) is 0 Å². The van der Waals surface area contributed by atoms with Crippen LogP contribution in [0.2, 0.25) is 0 Å². The molecule has 3 atom stereocenters. The number of carbonyl (C=O) groups excluding carboxylic acids is 1. The van der Waals surface area contributed by atoms with Crippen molar-refractivity contribution in [3.05, 3.63) is 41.0 Å². The monoisotopic (exact) mass is 316 g/mol. The van der Waals surface area contributed by atoms with Crippen LogP contribution in [0.15, 0.2) is 24.3 Å². The largest absolute Gasteiger partial charge is 0.496 e. The van der Waals surface area contributed by atoms with Crippen molar-refractivity contribution < 1.29 is 14.3 Å². The van der Waals surface area contributed by atoms with E-state index in [0.29, 0.717) is 18.4 Å². The van der Waals surface area contributed by atoms with Gasteiger partial charge in [-0.1, -0.05) is 26.0 Å². The minimum atomic E-state index is -0.259. The van der Waals surface area contributed by atoms with E-state index in [-0.39, 0.29) is 11.9 Å². The maximum atomic E-state index is 11.6. The van der Waals surface area contributed by atoms with Gasteiger partial charge in [-0.2, -0.15) is 0 Å². The van der Waals surface area contributed by atoms with Crippen LogP contribution in [0, 0.1) is 12.8 Å². The van der Waals surface area contributed by atoms with Gasteiger partial charge < -0.3 is 9.47 Å². The molecule has 0 amide bonds. The van der Waals surface area contributed by atoms with Crippen LogP contribution in [0.5, 0.6) is 5.75 Å². The van der Waals surface area contributed by atoms with E-state index < -0.39 is 0 Å². The first kappa shape index (κ1) is 17.6. The number of hydrogen-bond donors (Lipinski definition) is 0. The van der Waals surface area contributed by atoms with Gasteiger partial charge in [-0.15, -0.1) is 0 Å². The number of hydrogen-bond acceptors (Lipinski definition) is 3. The fourth-order valence-corrected chi connectivity index (χ4v) is 3.62. The van der Waals surface area contributed by atoms with Crippen LogP contribution >= 0.6 is 0 Å². The van der Waals surface area contributed by atoms with Crippen molar-refractivity contribution >= 4 is 5.97 Å². The van der Waals surface area contributed by atoms with Crippen molar-refractivity contribution in [2.45, 2.75) is 52.4 Å². The van der Waals surface area contributed by atoms with E-state index >= 15 is 0 Å². The first-order chi connectivity index (χ1) is 11.0. The Morgan fingerprint density at radius 1 is 1.39 bits per heavy atom. The second-order valence-corrected chi connectivity index (χ2v) is 6.53. The molecule has 0 fully saturated rings. The van der Waals surface area contributed by atoms with Crippen molar-refractivity contribution in [1.82, 2.24) is 0 Å². The summed E-state index contributed by atoms with van der Waals surface area (Å²) >= 11 is 0. The molecule has 0 N–H and O–H groups in total. The summed E-state index contributed by atoms with van der Waals surface area (Å²) in [5.74, 6) is 1.96. The van der Waals surface area contributed by atoms with Gasteiger partial charge in [0.1, 0.15) is 5.75 Å². The summed E-state index contributed by atoms with van der Waals surface area (Å²) in [4.78, 5) is 11.6. The standard InChI is InChI=1S/C20H28O3/c1-6-23-19(21)10-8-14(3)16-9-7-15(4)20-17(16)11-13(2)12-18(20)22-5/h8,10-12,14-16H,6-7,9H2,1-5H3/b10-8+/t14-,15+,16-/m0/s1. The maximum Gasteiger partial charge on any atom is 0.330 e. The second kappa shape index (κ2) is 7.67. The van der Waals surface area contributed by atoms with Crippen LogP contribution < -0.4 is 4.74 Å². The highest BCUT2D eigenvalue weighted by Crippen LogP contribution is 2.46. The quantitative estimate of drug-likeness (QED) is 0.581. The van der Waals surface area contributed by atoms with Crippen molar-refractivity contribution in [1.29, 1.82) is 0 Å². The predicted octanol–water partition coefficient (Wildman–Crippen LogP) is 4.74. The van der Waals surface area contributed by atoms with Gasteiger partial charge in [-0.3, -0.25) is 0 Å². The molecule has 0 aliphatic heterocycles. The number of aryl methyl sites for hydroxylation is 1. The highest BCUT2D eigenvalue weighted by molar-refractivity contribution is 5.81. The van der Waals surface area contributed by atoms with E-state index in [4.69, 9.17) is 9.47 Å². The molecule has 0 spiro atoms. The van der Waals surface area contributed by atoms with E-state index in [0.717, 1.165) is 18.6 Å².